The molecule has 5 heteroatoms. The first-order valence-corrected chi connectivity index (χ1v) is 6.89. The summed E-state index contributed by atoms with van der Waals surface area (Å²) in [6.45, 7) is 0. The monoisotopic (exact) mass is 281 g/mol. The highest BCUT2D eigenvalue weighted by Gasteiger charge is 2.21. The predicted octanol–water partition coefficient (Wildman–Crippen LogP) is 3.05. The zero-order valence-electron chi connectivity index (χ0n) is 11.2. The molecule has 0 aliphatic heterocycles. The maximum absolute atomic E-state index is 13.0. The van der Waals surface area contributed by atoms with Gasteiger partial charge in [0.1, 0.15) is 5.82 Å². The minimum Gasteiger partial charge on any atom is -0.294 e. The number of ketones is 1. The average Bonchev–Trinajstić information content (AvgIpc) is 2.90. The number of aromatic nitrogens is 3. The van der Waals surface area contributed by atoms with Gasteiger partial charge < -0.3 is 0 Å². The van der Waals surface area contributed by atoms with E-state index in [1.54, 1.807) is 29.0 Å². The molecule has 0 saturated carbocycles. The Kier molecular flexibility index (Phi) is 2.60. The Morgan fingerprint density at radius 2 is 1.90 bits per heavy atom. The van der Waals surface area contributed by atoms with Crippen molar-refractivity contribution in [3.63, 3.8) is 0 Å². The van der Waals surface area contributed by atoms with Gasteiger partial charge in [-0.1, -0.05) is 12.1 Å². The Labute approximate surface area is 120 Å². The van der Waals surface area contributed by atoms with Crippen molar-refractivity contribution in [2.24, 2.45) is 0 Å². The molecule has 104 valence electrons. The number of fused-ring (bicyclic) bond motifs is 2. The van der Waals surface area contributed by atoms with Crippen molar-refractivity contribution in [1.29, 1.82) is 0 Å². The maximum atomic E-state index is 13.0. The van der Waals surface area contributed by atoms with Crippen LogP contribution < -0.4 is 0 Å². The zero-order valence-corrected chi connectivity index (χ0v) is 11.2. The molecular weight excluding hydrogens is 269 g/mol. The summed E-state index contributed by atoms with van der Waals surface area (Å²) in [7, 11) is 0. The molecular formula is C16H12FN3O. The Morgan fingerprint density at radius 3 is 2.71 bits per heavy atom. The quantitative estimate of drug-likeness (QED) is 0.688. The summed E-state index contributed by atoms with van der Waals surface area (Å²) in [6.07, 6.45) is 5.69. The zero-order chi connectivity index (χ0) is 14.4. The highest BCUT2D eigenvalue weighted by molar-refractivity contribution is 5.98. The molecule has 0 unspecified atom stereocenters. The van der Waals surface area contributed by atoms with Gasteiger partial charge in [-0.25, -0.2) is 13.9 Å². The van der Waals surface area contributed by atoms with E-state index < -0.39 is 0 Å². The summed E-state index contributed by atoms with van der Waals surface area (Å²) in [5, 5.41) is 4.27. The third-order valence-electron chi connectivity index (χ3n) is 3.85. The highest BCUT2D eigenvalue weighted by atomic mass is 19.1. The Bertz CT molecular complexity index is 852. The molecule has 4 nitrogen and oxygen atoms in total. The molecule has 0 atom stereocenters. The number of benzene rings is 1. The van der Waals surface area contributed by atoms with Gasteiger partial charge in [0.05, 0.1) is 17.5 Å². The van der Waals surface area contributed by atoms with Crippen LogP contribution in [0.15, 0.2) is 36.7 Å². The van der Waals surface area contributed by atoms with Crippen molar-refractivity contribution < 1.29 is 9.18 Å². The fourth-order valence-electron chi connectivity index (χ4n) is 2.75. The fourth-order valence-corrected chi connectivity index (χ4v) is 2.75. The van der Waals surface area contributed by atoms with Gasteiger partial charge in [0.25, 0.3) is 0 Å². The molecule has 0 saturated heterocycles. The Balaban J connectivity index is 1.92. The van der Waals surface area contributed by atoms with Crippen LogP contribution in [0.3, 0.4) is 0 Å². The first-order valence-electron chi connectivity index (χ1n) is 6.89. The first kappa shape index (κ1) is 12.2. The van der Waals surface area contributed by atoms with Crippen LogP contribution in [0.25, 0.3) is 16.8 Å². The number of rotatable bonds is 1. The predicted molar refractivity (Wildman–Crippen MR) is 75.6 cm³/mol. The van der Waals surface area contributed by atoms with Crippen LogP contribution in [0.5, 0.6) is 0 Å². The van der Waals surface area contributed by atoms with E-state index in [4.69, 9.17) is 0 Å². The summed E-state index contributed by atoms with van der Waals surface area (Å²) in [4.78, 5) is 16.5. The van der Waals surface area contributed by atoms with Gasteiger partial charge in [0, 0.05) is 18.2 Å². The highest BCUT2D eigenvalue weighted by Crippen LogP contribution is 2.26. The van der Waals surface area contributed by atoms with Crippen LogP contribution in [0.1, 0.15) is 28.9 Å². The summed E-state index contributed by atoms with van der Waals surface area (Å²) < 4.78 is 14.7. The molecule has 3 aromatic rings. The van der Waals surface area contributed by atoms with Crippen molar-refractivity contribution in [3.8, 4) is 11.1 Å². The third kappa shape index (κ3) is 1.93. The van der Waals surface area contributed by atoms with E-state index >= 15 is 0 Å². The minimum absolute atomic E-state index is 0.129. The maximum Gasteiger partial charge on any atom is 0.166 e. The molecule has 4 rings (SSSR count). The normalized spacial score (nSPS) is 14.4. The van der Waals surface area contributed by atoms with Crippen LogP contribution in [0.2, 0.25) is 0 Å². The molecule has 2 heterocycles. The van der Waals surface area contributed by atoms with Crippen LogP contribution >= 0.6 is 0 Å². The number of hydrogen-bond donors (Lipinski definition) is 0. The smallest absolute Gasteiger partial charge is 0.166 e. The van der Waals surface area contributed by atoms with Crippen molar-refractivity contribution in [3.05, 3.63) is 53.7 Å². The molecule has 1 aliphatic rings. The van der Waals surface area contributed by atoms with E-state index in [0.717, 1.165) is 29.7 Å². The second-order valence-electron chi connectivity index (χ2n) is 5.21. The number of carbonyl (C=O) groups excluding carboxylic acids is 1. The van der Waals surface area contributed by atoms with Crippen LogP contribution in [-0.2, 0) is 6.42 Å². The minimum atomic E-state index is -0.272. The van der Waals surface area contributed by atoms with Crippen molar-refractivity contribution in [2.45, 2.75) is 19.3 Å². The number of aryl methyl sites for hydroxylation is 1. The summed E-state index contributed by atoms with van der Waals surface area (Å²) in [5.74, 6) is -0.143. The SMILES string of the molecule is O=C1CCCc2nc3c(-c4ccc(F)cc4)cnn3cc21. The van der Waals surface area contributed by atoms with Gasteiger partial charge in [-0.3, -0.25) is 4.79 Å². The standard InChI is InChI=1S/C16H12FN3O/c17-11-6-4-10(5-7-11)12-8-18-20-9-13-14(19-16(12)20)2-1-3-15(13)21/h4-9H,1-3H2. The number of hydrogen-bond acceptors (Lipinski definition) is 3. The fraction of sp³-hybridized carbons (Fsp3) is 0.188. The second kappa shape index (κ2) is 4.48. The number of nitrogens with zero attached hydrogens (tertiary/aromatic N) is 3. The summed E-state index contributed by atoms with van der Waals surface area (Å²) in [6, 6.07) is 6.25. The lowest BCUT2D eigenvalue weighted by molar-refractivity contribution is 0.0971. The number of carbonyl (C=O) groups is 1. The molecule has 0 fully saturated rings. The lowest BCUT2D eigenvalue weighted by Crippen LogP contribution is -2.14. The number of Topliss-reactive ketones (excluding diaryl/α,β-unsaturated/α-hetero) is 1. The molecule has 0 amide bonds. The van der Waals surface area contributed by atoms with Gasteiger partial charge in [-0.2, -0.15) is 5.10 Å². The van der Waals surface area contributed by atoms with Crippen LogP contribution in [0.4, 0.5) is 4.39 Å². The van der Waals surface area contributed by atoms with E-state index in [2.05, 4.69) is 10.1 Å². The molecule has 1 aliphatic carbocycles. The first-order chi connectivity index (χ1) is 10.2. The van der Waals surface area contributed by atoms with Crippen molar-refractivity contribution in [1.82, 2.24) is 14.6 Å². The van der Waals surface area contributed by atoms with E-state index in [-0.39, 0.29) is 11.6 Å². The van der Waals surface area contributed by atoms with Crippen LogP contribution in [-0.4, -0.2) is 20.4 Å². The van der Waals surface area contributed by atoms with Crippen LogP contribution in [0, 0.1) is 5.82 Å². The molecule has 1 aromatic carbocycles. The Morgan fingerprint density at radius 1 is 1.10 bits per heavy atom. The van der Waals surface area contributed by atoms with E-state index in [0.29, 0.717) is 17.6 Å². The molecule has 2 aromatic heterocycles. The van der Waals surface area contributed by atoms with Gasteiger partial charge >= 0.3 is 0 Å². The van der Waals surface area contributed by atoms with Gasteiger partial charge in [-0.15, -0.1) is 0 Å². The molecule has 0 radical (unpaired) electrons. The van der Waals surface area contributed by atoms with E-state index in [1.165, 1.54) is 12.1 Å². The summed E-state index contributed by atoms with van der Waals surface area (Å²) >= 11 is 0. The topological polar surface area (TPSA) is 47.3 Å². The van der Waals surface area contributed by atoms with Gasteiger partial charge in [-0.05, 0) is 30.5 Å². The summed E-state index contributed by atoms with van der Waals surface area (Å²) in [5.41, 5.74) is 3.91. The van der Waals surface area contributed by atoms with E-state index in [9.17, 15) is 9.18 Å². The Hall–Kier alpha value is -2.56. The van der Waals surface area contributed by atoms with E-state index in [1.807, 2.05) is 0 Å². The van der Waals surface area contributed by atoms with Crippen molar-refractivity contribution in [2.75, 3.05) is 0 Å². The lowest BCUT2D eigenvalue weighted by Gasteiger charge is -2.13. The third-order valence-corrected chi connectivity index (χ3v) is 3.85. The lowest BCUT2D eigenvalue weighted by atomic mass is 9.96. The van der Waals surface area contributed by atoms with Gasteiger partial charge in [0.2, 0.25) is 0 Å². The van der Waals surface area contributed by atoms with Gasteiger partial charge in [0.15, 0.2) is 11.4 Å². The molecule has 0 N–H and O–H groups in total. The molecule has 0 spiro atoms. The second-order valence-corrected chi connectivity index (χ2v) is 5.21. The average molecular weight is 281 g/mol. The van der Waals surface area contributed by atoms with Crippen molar-refractivity contribution >= 4 is 11.4 Å². The molecule has 0 bridgehead atoms. The largest absolute Gasteiger partial charge is 0.294 e. The molecule has 21 heavy (non-hydrogen) atoms. The number of halogens is 1.